The minimum absolute atomic E-state index is 0.0788. The number of ether oxygens (including phenoxy) is 2. The van der Waals surface area contributed by atoms with Gasteiger partial charge in [-0.05, 0) is 77.0 Å². The number of nitrogens with zero attached hydrogens (tertiary/aromatic N) is 1. The van der Waals surface area contributed by atoms with Gasteiger partial charge in [0.25, 0.3) is 0 Å². The van der Waals surface area contributed by atoms with Crippen molar-refractivity contribution in [3.05, 3.63) is 60.8 Å². The Balaban J connectivity index is 4.29. The average Bonchev–Trinajstić information content (AvgIpc) is 3.11. The molecule has 0 aliphatic rings. The van der Waals surface area contributed by atoms with Crippen LogP contribution in [-0.4, -0.2) is 75.6 Å². The van der Waals surface area contributed by atoms with Crippen molar-refractivity contribution in [2.75, 3.05) is 54.1 Å². The Morgan fingerprint density at radius 2 is 1.09 bits per heavy atom. The Kier molecular flexibility index (Phi) is 35.9. The van der Waals surface area contributed by atoms with Crippen LogP contribution in [0.3, 0.4) is 0 Å². The molecule has 0 saturated carbocycles. The quantitative estimate of drug-likeness (QED) is 0.0220. The Morgan fingerprint density at radius 1 is 0.604 bits per heavy atom. The van der Waals surface area contributed by atoms with Crippen LogP contribution in [0, 0.1) is 0 Å². The van der Waals surface area contributed by atoms with E-state index in [4.69, 9.17) is 18.5 Å². The summed E-state index contributed by atoms with van der Waals surface area (Å²) in [5, 5.41) is 0. The Bertz CT molecular complexity index is 1030. The number of phosphoric acid groups is 1. The molecule has 308 valence electrons. The zero-order valence-corrected chi connectivity index (χ0v) is 35.6. The maximum absolute atomic E-state index is 12.6. The molecule has 2 atom stereocenters. The number of hydrogen-bond acceptors (Lipinski definition) is 6. The highest BCUT2D eigenvalue weighted by atomic mass is 31.2. The van der Waals surface area contributed by atoms with E-state index < -0.39 is 13.9 Å². The van der Waals surface area contributed by atoms with E-state index in [0.29, 0.717) is 24.1 Å². The highest BCUT2D eigenvalue weighted by molar-refractivity contribution is 7.47. The van der Waals surface area contributed by atoms with Crippen LogP contribution < -0.4 is 0 Å². The lowest BCUT2D eigenvalue weighted by Crippen LogP contribution is -2.37. The smallest absolute Gasteiger partial charge is 0.457 e. The van der Waals surface area contributed by atoms with E-state index in [2.05, 4.69) is 74.6 Å². The summed E-state index contributed by atoms with van der Waals surface area (Å²) in [6.07, 6.45) is 45.4. The number of unbranched alkanes of at least 4 members (excludes halogenated alkanes) is 14. The van der Waals surface area contributed by atoms with Crippen LogP contribution in [0.4, 0.5) is 0 Å². The molecule has 0 spiro atoms. The lowest BCUT2D eigenvalue weighted by atomic mass is 10.1. The number of quaternary nitrogens is 1. The molecule has 0 aromatic heterocycles. The van der Waals surface area contributed by atoms with Crippen molar-refractivity contribution >= 4 is 13.8 Å². The highest BCUT2D eigenvalue weighted by Gasteiger charge is 2.26. The average molecular weight is 767 g/mol. The maximum atomic E-state index is 12.6. The van der Waals surface area contributed by atoms with Gasteiger partial charge in [-0.25, -0.2) is 4.57 Å². The van der Waals surface area contributed by atoms with Crippen molar-refractivity contribution in [3.63, 3.8) is 0 Å². The molecule has 0 aliphatic heterocycles. The number of carbonyl (C=O) groups is 1. The molecule has 0 aromatic rings. The first-order valence-corrected chi connectivity index (χ1v) is 22.5. The number of phosphoric ester groups is 1. The number of likely N-dealkylation sites (N-methyl/N-ethyl adjacent to an activating group) is 1. The van der Waals surface area contributed by atoms with Crippen molar-refractivity contribution in [2.24, 2.45) is 0 Å². The van der Waals surface area contributed by atoms with E-state index >= 15 is 0 Å². The molecule has 9 heteroatoms. The molecule has 0 fully saturated rings. The number of esters is 1. The zero-order chi connectivity index (χ0) is 39.1. The molecule has 2 unspecified atom stereocenters. The number of carbonyl (C=O) groups excluding carboxylic acids is 1. The second-order valence-corrected chi connectivity index (χ2v) is 16.4. The monoisotopic (exact) mass is 767 g/mol. The maximum Gasteiger partial charge on any atom is 0.472 e. The molecule has 0 radical (unpaired) electrons. The molecule has 0 amide bonds. The molecule has 0 saturated heterocycles. The lowest BCUT2D eigenvalue weighted by molar-refractivity contribution is -0.870. The van der Waals surface area contributed by atoms with Crippen LogP contribution in [0.5, 0.6) is 0 Å². The molecular formula is C44H81NO7P+. The predicted molar refractivity (Wildman–Crippen MR) is 224 cm³/mol. The van der Waals surface area contributed by atoms with Gasteiger partial charge < -0.3 is 18.9 Å². The van der Waals surface area contributed by atoms with Crippen molar-refractivity contribution in [3.8, 4) is 0 Å². The van der Waals surface area contributed by atoms with Crippen LogP contribution in [0.1, 0.15) is 155 Å². The van der Waals surface area contributed by atoms with Crippen LogP contribution >= 0.6 is 7.82 Å². The van der Waals surface area contributed by atoms with Gasteiger partial charge >= 0.3 is 13.8 Å². The van der Waals surface area contributed by atoms with E-state index in [0.717, 1.165) is 64.2 Å². The Hall–Kier alpha value is -1.80. The van der Waals surface area contributed by atoms with E-state index in [1.54, 1.807) is 0 Å². The van der Waals surface area contributed by atoms with Gasteiger partial charge in [0.2, 0.25) is 0 Å². The van der Waals surface area contributed by atoms with Crippen LogP contribution in [0.2, 0.25) is 0 Å². The summed E-state index contributed by atoms with van der Waals surface area (Å²) < 4.78 is 34.9. The van der Waals surface area contributed by atoms with Gasteiger partial charge in [-0.15, -0.1) is 0 Å². The summed E-state index contributed by atoms with van der Waals surface area (Å²) in [5.74, 6) is -0.347. The fourth-order valence-electron chi connectivity index (χ4n) is 5.30. The first kappa shape index (κ1) is 51.2. The normalized spacial score (nSPS) is 14.5. The van der Waals surface area contributed by atoms with E-state index in [-0.39, 0.29) is 25.8 Å². The van der Waals surface area contributed by atoms with Gasteiger partial charge in [-0.1, -0.05) is 132 Å². The van der Waals surface area contributed by atoms with Crippen molar-refractivity contribution in [2.45, 2.75) is 161 Å². The molecule has 0 aliphatic carbocycles. The molecule has 0 aromatic carbocycles. The largest absolute Gasteiger partial charge is 0.472 e. The third-order valence-corrected chi connectivity index (χ3v) is 9.55. The summed E-state index contributed by atoms with van der Waals surface area (Å²) in [5.41, 5.74) is 0. The standard InChI is InChI=1S/C44H80NO7P/c1-6-8-10-12-14-16-18-20-21-22-23-24-26-28-30-32-34-36-39-49-41-43(42-51-53(47,48)50-40-38-45(3,4)5)52-44(46)37-35-33-31-29-27-25-19-17-15-13-11-9-7-2/h9,11,14-17,20-21,25,27,43H,6-8,10,12-13,18-19,22-24,26,28-42H2,1-5H3/p+1/b11-9-,16-14-,17-15-,21-20-,27-25-. The molecule has 0 heterocycles. The molecule has 1 N–H and O–H groups in total. The molecular weight excluding hydrogens is 685 g/mol. The fraction of sp³-hybridized carbons (Fsp3) is 0.750. The predicted octanol–water partition coefficient (Wildman–Crippen LogP) is 12.2. The van der Waals surface area contributed by atoms with Gasteiger partial charge in [0.05, 0.1) is 34.4 Å². The first-order valence-electron chi connectivity index (χ1n) is 21.0. The number of allylic oxidation sites excluding steroid dienone is 10. The van der Waals surface area contributed by atoms with Gasteiger partial charge in [0, 0.05) is 13.0 Å². The van der Waals surface area contributed by atoms with E-state index in [1.165, 1.54) is 70.6 Å². The lowest BCUT2D eigenvalue weighted by Gasteiger charge is -2.24. The van der Waals surface area contributed by atoms with Gasteiger partial charge in [0.1, 0.15) is 19.3 Å². The van der Waals surface area contributed by atoms with Gasteiger partial charge in [0.15, 0.2) is 0 Å². The highest BCUT2D eigenvalue weighted by Crippen LogP contribution is 2.43. The minimum Gasteiger partial charge on any atom is -0.457 e. The summed E-state index contributed by atoms with van der Waals surface area (Å²) in [6, 6.07) is 0. The van der Waals surface area contributed by atoms with Crippen LogP contribution in [-0.2, 0) is 27.9 Å². The molecule has 53 heavy (non-hydrogen) atoms. The molecule has 0 rings (SSSR count). The SMILES string of the molecule is CC/C=C\C/C=C\C/C=C\CCCCCC(=O)OC(COCCCCCCCCCC/C=C\C/C=C\CCCCC)COP(=O)(O)OCC[N+](C)(C)C. The van der Waals surface area contributed by atoms with Crippen LogP contribution in [0.15, 0.2) is 60.8 Å². The van der Waals surface area contributed by atoms with Gasteiger partial charge in [-0.3, -0.25) is 13.8 Å². The Labute approximate surface area is 326 Å². The zero-order valence-electron chi connectivity index (χ0n) is 34.7. The molecule has 0 bridgehead atoms. The third-order valence-electron chi connectivity index (χ3n) is 8.56. The van der Waals surface area contributed by atoms with Gasteiger partial charge in [-0.2, -0.15) is 0 Å². The second kappa shape index (κ2) is 37.1. The first-order chi connectivity index (χ1) is 25.6. The van der Waals surface area contributed by atoms with Crippen molar-refractivity contribution < 1.29 is 37.3 Å². The summed E-state index contributed by atoms with van der Waals surface area (Å²) in [7, 11) is 1.63. The third kappa shape index (κ3) is 41.2. The molecule has 8 nitrogen and oxygen atoms in total. The second-order valence-electron chi connectivity index (χ2n) is 15.0. The van der Waals surface area contributed by atoms with E-state index in [9.17, 15) is 14.3 Å². The van der Waals surface area contributed by atoms with E-state index in [1.807, 2.05) is 21.1 Å². The number of rotatable bonds is 38. The van der Waals surface area contributed by atoms with Crippen LogP contribution in [0.25, 0.3) is 0 Å². The topological polar surface area (TPSA) is 91.3 Å². The fourth-order valence-corrected chi connectivity index (χ4v) is 6.04. The Morgan fingerprint density at radius 3 is 1.64 bits per heavy atom. The van der Waals surface area contributed by atoms with Crippen molar-refractivity contribution in [1.29, 1.82) is 0 Å². The summed E-state index contributed by atoms with van der Waals surface area (Å²) in [4.78, 5) is 22.8. The minimum atomic E-state index is -4.28. The van der Waals surface area contributed by atoms with Crippen molar-refractivity contribution in [1.82, 2.24) is 0 Å². The summed E-state index contributed by atoms with van der Waals surface area (Å²) in [6.45, 7) is 5.41. The summed E-state index contributed by atoms with van der Waals surface area (Å²) >= 11 is 0. The number of hydrogen-bond donors (Lipinski definition) is 1.